The highest BCUT2D eigenvalue weighted by Gasteiger charge is 2.57. The first-order valence-corrected chi connectivity index (χ1v) is 6.47. The number of carboxylic acids is 1. The summed E-state index contributed by atoms with van der Waals surface area (Å²) in [6.07, 6.45) is 3.97. The minimum absolute atomic E-state index is 0.419. The molecule has 17 heavy (non-hydrogen) atoms. The Balaban J connectivity index is 1.75. The van der Waals surface area contributed by atoms with Crippen molar-refractivity contribution in [2.24, 2.45) is 5.41 Å². The van der Waals surface area contributed by atoms with E-state index in [-0.39, 0.29) is 0 Å². The van der Waals surface area contributed by atoms with Gasteiger partial charge in [-0.25, -0.2) is 4.98 Å². The zero-order valence-electron chi connectivity index (χ0n) is 9.15. The Hall–Kier alpha value is -1.43. The van der Waals surface area contributed by atoms with Crippen LogP contribution in [0.3, 0.4) is 0 Å². The lowest BCUT2D eigenvalue weighted by molar-refractivity contribution is -0.147. The van der Waals surface area contributed by atoms with Gasteiger partial charge >= 0.3 is 5.97 Å². The van der Waals surface area contributed by atoms with Crippen molar-refractivity contribution >= 4 is 28.3 Å². The van der Waals surface area contributed by atoms with Crippen molar-refractivity contribution in [3.63, 3.8) is 0 Å². The van der Waals surface area contributed by atoms with Crippen LogP contribution in [-0.2, 0) is 22.4 Å². The molecule has 0 aliphatic heterocycles. The van der Waals surface area contributed by atoms with Crippen LogP contribution in [-0.4, -0.2) is 22.0 Å². The Morgan fingerprint density at radius 3 is 2.71 bits per heavy atom. The molecule has 0 unspecified atom stereocenters. The van der Waals surface area contributed by atoms with Crippen LogP contribution in [0.25, 0.3) is 0 Å². The van der Waals surface area contributed by atoms with E-state index in [0.29, 0.717) is 18.0 Å². The highest BCUT2D eigenvalue weighted by molar-refractivity contribution is 7.15. The van der Waals surface area contributed by atoms with E-state index in [9.17, 15) is 9.59 Å². The molecule has 3 rings (SSSR count). The van der Waals surface area contributed by atoms with Crippen LogP contribution < -0.4 is 5.32 Å². The fourth-order valence-corrected chi connectivity index (χ4v) is 3.17. The lowest BCUT2D eigenvalue weighted by Gasteiger charge is -2.08. The molecule has 2 N–H and O–H groups in total. The van der Waals surface area contributed by atoms with Gasteiger partial charge in [-0.15, -0.1) is 11.3 Å². The predicted octanol–water partition coefficient (Wildman–Crippen LogP) is 1.44. The summed E-state index contributed by atoms with van der Waals surface area (Å²) in [5, 5.41) is 12.2. The molecule has 1 heterocycles. The average molecular weight is 252 g/mol. The summed E-state index contributed by atoms with van der Waals surface area (Å²) in [5.41, 5.74) is -0.124. The number of anilines is 1. The molecule has 0 bridgehead atoms. The van der Waals surface area contributed by atoms with Gasteiger partial charge in [-0.1, -0.05) is 0 Å². The van der Waals surface area contributed by atoms with Gasteiger partial charge in [0.25, 0.3) is 0 Å². The van der Waals surface area contributed by atoms with Crippen LogP contribution in [0.4, 0.5) is 5.13 Å². The Bertz CT molecular complexity index is 483. The highest BCUT2D eigenvalue weighted by atomic mass is 32.1. The van der Waals surface area contributed by atoms with Crippen molar-refractivity contribution in [1.29, 1.82) is 0 Å². The van der Waals surface area contributed by atoms with E-state index in [1.807, 2.05) is 0 Å². The number of carbonyl (C=O) groups is 2. The quantitative estimate of drug-likeness (QED) is 0.798. The summed E-state index contributed by atoms with van der Waals surface area (Å²) in [4.78, 5) is 28.4. The molecule has 1 fully saturated rings. The fourth-order valence-electron chi connectivity index (χ4n) is 2.12. The van der Waals surface area contributed by atoms with E-state index >= 15 is 0 Å². The summed E-state index contributed by atoms with van der Waals surface area (Å²) in [5.74, 6) is -1.45. The maximum Gasteiger partial charge on any atom is 0.319 e. The number of hydrogen-bond donors (Lipinski definition) is 2. The van der Waals surface area contributed by atoms with Crippen molar-refractivity contribution in [3.05, 3.63) is 10.6 Å². The summed E-state index contributed by atoms with van der Waals surface area (Å²) in [7, 11) is 0. The van der Waals surface area contributed by atoms with Gasteiger partial charge in [0.2, 0.25) is 5.91 Å². The first kappa shape index (κ1) is 10.7. The van der Waals surface area contributed by atoms with Crippen LogP contribution >= 0.6 is 11.3 Å². The van der Waals surface area contributed by atoms with E-state index in [2.05, 4.69) is 10.3 Å². The van der Waals surface area contributed by atoms with E-state index < -0.39 is 17.3 Å². The van der Waals surface area contributed by atoms with Crippen LogP contribution in [0.5, 0.6) is 0 Å². The Labute approximate surface area is 102 Å². The van der Waals surface area contributed by atoms with Crippen molar-refractivity contribution in [1.82, 2.24) is 4.98 Å². The number of nitrogens with zero attached hydrogens (tertiary/aromatic N) is 1. The van der Waals surface area contributed by atoms with Crippen LogP contribution in [0.2, 0.25) is 0 Å². The van der Waals surface area contributed by atoms with Gasteiger partial charge in [0.15, 0.2) is 5.13 Å². The number of amides is 1. The van der Waals surface area contributed by atoms with Crippen LogP contribution in [0, 0.1) is 5.41 Å². The standard InChI is InChI=1S/C11H12N2O3S/c14-8(11(4-5-11)9(15)16)13-10-12-6-2-1-3-7(6)17-10/h1-5H2,(H,15,16)(H,12,13,14). The molecule has 6 heteroatoms. The number of aryl methyl sites for hydroxylation is 2. The molecule has 1 aromatic rings. The van der Waals surface area contributed by atoms with Crippen molar-refractivity contribution in [2.45, 2.75) is 32.1 Å². The number of thiazole rings is 1. The number of nitrogens with one attached hydrogen (secondary N) is 1. The smallest absolute Gasteiger partial charge is 0.319 e. The molecule has 2 aliphatic carbocycles. The third kappa shape index (κ3) is 1.63. The van der Waals surface area contributed by atoms with Gasteiger partial charge in [-0.3, -0.25) is 9.59 Å². The third-order valence-corrected chi connectivity index (χ3v) is 4.48. The number of carboxylic acid groups (broad SMARTS) is 1. The zero-order valence-corrected chi connectivity index (χ0v) is 9.97. The molecule has 0 aromatic carbocycles. The van der Waals surface area contributed by atoms with Gasteiger partial charge in [-0.2, -0.15) is 0 Å². The Morgan fingerprint density at radius 2 is 2.12 bits per heavy atom. The number of aromatic nitrogens is 1. The Morgan fingerprint density at radius 1 is 1.35 bits per heavy atom. The summed E-state index contributed by atoms with van der Waals surface area (Å²) >= 11 is 1.47. The van der Waals surface area contributed by atoms with Gasteiger partial charge in [0, 0.05) is 4.88 Å². The highest BCUT2D eigenvalue weighted by Crippen LogP contribution is 2.47. The number of fused-ring (bicyclic) bond motifs is 1. The normalized spacial score (nSPS) is 19.8. The third-order valence-electron chi connectivity index (χ3n) is 3.41. The summed E-state index contributed by atoms with van der Waals surface area (Å²) < 4.78 is 0. The number of aliphatic carboxylic acids is 1. The molecule has 1 amide bonds. The van der Waals surface area contributed by atoms with E-state index in [0.717, 1.165) is 25.0 Å². The molecule has 5 nitrogen and oxygen atoms in total. The molecule has 0 saturated heterocycles. The SMILES string of the molecule is O=C(O)C1(C(=O)Nc2nc3c(s2)CCC3)CC1. The first-order valence-electron chi connectivity index (χ1n) is 5.65. The monoisotopic (exact) mass is 252 g/mol. The predicted molar refractivity (Wildman–Crippen MR) is 62.1 cm³/mol. The molecule has 0 radical (unpaired) electrons. The lowest BCUT2D eigenvalue weighted by Crippen LogP contribution is -2.31. The van der Waals surface area contributed by atoms with E-state index in [1.54, 1.807) is 0 Å². The van der Waals surface area contributed by atoms with E-state index in [4.69, 9.17) is 5.11 Å². The number of rotatable bonds is 3. The average Bonchev–Trinajstić information content (AvgIpc) is 2.85. The topological polar surface area (TPSA) is 79.3 Å². The minimum atomic E-state index is -1.18. The second-order valence-electron chi connectivity index (χ2n) is 4.58. The second kappa shape index (κ2) is 3.53. The van der Waals surface area contributed by atoms with Crippen LogP contribution in [0.15, 0.2) is 0 Å². The van der Waals surface area contributed by atoms with Crippen LogP contribution in [0.1, 0.15) is 29.8 Å². The molecule has 1 saturated carbocycles. The molecule has 1 aromatic heterocycles. The van der Waals surface area contributed by atoms with E-state index in [1.165, 1.54) is 16.2 Å². The van der Waals surface area contributed by atoms with Crippen molar-refractivity contribution < 1.29 is 14.7 Å². The molecule has 2 aliphatic rings. The second-order valence-corrected chi connectivity index (χ2v) is 5.67. The van der Waals surface area contributed by atoms with Gasteiger partial charge in [0.05, 0.1) is 5.69 Å². The zero-order chi connectivity index (χ0) is 12.0. The maximum absolute atomic E-state index is 11.8. The molecule has 90 valence electrons. The largest absolute Gasteiger partial charge is 0.480 e. The lowest BCUT2D eigenvalue weighted by atomic mass is 10.1. The first-order chi connectivity index (χ1) is 8.12. The Kier molecular flexibility index (Phi) is 2.22. The molecular formula is C11H12N2O3S. The molecule has 0 spiro atoms. The number of hydrogen-bond acceptors (Lipinski definition) is 4. The summed E-state index contributed by atoms with van der Waals surface area (Å²) in [6.45, 7) is 0. The number of carbonyl (C=O) groups excluding carboxylic acids is 1. The molecule has 0 atom stereocenters. The van der Waals surface area contributed by atoms with Crippen molar-refractivity contribution in [2.75, 3.05) is 5.32 Å². The summed E-state index contributed by atoms with van der Waals surface area (Å²) in [6, 6.07) is 0. The van der Waals surface area contributed by atoms with Gasteiger partial charge in [-0.05, 0) is 32.1 Å². The van der Waals surface area contributed by atoms with Crippen molar-refractivity contribution in [3.8, 4) is 0 Å². The van der Waals surface area contributed by atoms with Gasteiger partial charge < -0.3 is 10.4 Å². The minimum Gasteiger partial charge on any atom is -0.480 e. The molecular weight excluding hydrogens is 240 g/mol. The fraction of sp³-hybridized carbons (Fsp3) is 0.545. The maximum atomic E-state index is 11.8. The van der Waals surface area contributed by atoms with Gasteiger partial charge in [0.1, 0.15) is 5.41 Å².